The molecule has 18 heavy (non-hydrogen) atoms. The molecule has 2 rings (SSSR count). The molecule has 0 saturated carbocycles. The molecule has 0 aromatic heterocycles. The van der Waals surface area contributed by atoms with Crippen LogP contribution in [-0.4, -0.2) is 5.78 Å². The number of aryl methyl sites for hydroxylation is 1. The Kier molecular flexibility index (Phi) is 3.78. The highest BCUT2D eigenvalue weighted by Crippen LogP contribution is 2.24. The van der Waals surface area contributed by atoms with E-state index >= 15 is 0 Å². The van der Waals surface area contributed by atoms with E-state index < -0.39 is 5.82 Å². The van der Waals surface area contributed by atoms with Gasteiger partial charge >= 0.3 is 0 Å². The van der Waals surface area contributed by atoms with Crippen LogP contribution in [-0.2, 0) is 6.42 Å². The summed E-state index contributed by atoms with van der Waals surface area (Å²) in [5, 5.41) is -0.117. The predicted molar refractivity (Wildman–Crippen MR) is 70.7 cm³/mol. The first-order valence-corrected chi connectivity index (χ1v) is 6.09. The summed E-state index contributed by atoms with van der Waals surface area (Å²) >= 11 is 5.84. The number of ketones is 1. The Labute approximate surface area is 110 Å². The fourth-order valence-electron chi connectivity index (χ4n) is 1.87. The van der Waals surface area contributed by atoms with E-state index in [0.29, 0.717) is 5.56 Å². The quantitative estimate of drug-likeness (QED) is 0.755. The number of rotatable bonds is 3. The third-order valence-corrected chi connectivity index (χ3v) is 3.22. The van der Waals surface area contributed by atoms with E-state index in [1.54, 1.807) is 18.2 Å². The van der Waals surface area contributed by atoms with Crippen LogP contribution >= 0.6 is 11.6 Å². The molecule has 0 spiro atoms. The van der Waals surface area contributed by atoms with Crippen LogP contribution in [0.2, 0.25) is 5.02 Å². The van der Waals surface area contributed by atoms with Crippen molar-refractivity contribution in [3.63, 3.8) is 0 Å². The number of hydrogen-bond donors (Lipinski definition) is 0. The Morgan fingerprint density at radius 3 is 2.50 bits per heavy atom. The van der Waals surface area contributed by atoms with Crippen LogP contribution in [0.25, 0.3) is 0 Å². The van der Waals surface area contributed by atoms with Crippen molar-refractivity contribution in [1.29, 1.82) is 0 Å². The van der Waals surface area contributed by atoms with Gasteiger partial charge in [-0.3, -0.25) is 4.79 Å². The van der Waals surface area contributed by atoms with E-state index in [1.165, 1.54) is 12.1 Å². The fraction of sp³-hybridized carbons (Fsp3) is 0.133. The van der Waals surface area contributed by atoms with Gasteiger partial charge in [0.2, 0.25) is 0 Å². The van der Waals surface area contributed by atoms with Gasteiger partial charge in [-0.25, -0.2) is 4.39 Å². The van der Waals surface area contributed by atoms with Crippen molar-refractivity contribution in [2.45, 2.75) is 13.3 Å². The third-order valence-electron chi connectivity index (χ3n) is 2.84. The maximum absolute atomic E-state index is 13.4. The molecule has 2 aromatic carbocycles. The molecular weight excluding hydrogens is 251 g/mol. The van der Waals surface area contributed by atoms with E-state index in [0.717, 1.165) is 12.0 Å². The normalized spacial score (nSPS) is 10.4. The minimum atomic E-state index is -0.573. The second-order valence-corrected chi connectivity index (χ2v) is 4.32. The van der Waals surface area contributed by atoms with Crippen LogP contribution in [0.15, 0.2) is 42.5 Å². The molecule has 0 atom stereocenters. The maximum Gasteiger partial charge on any atom is 0.194 e. The maximum atomic E-state index is 13.4. The van der Waals surface area contributed by atoms with Gasteiger partial charge in [-0.1, -0.05) is 48.9 Å². The first kappa shape index (κ1) is 12.8. The standard InChI is InChI=1S/C15H12ClFO/c1-2-10-6-3-4-7-11(10)15(18)12-8-5-9-13(17)14(12)16/h3-9H,2H2,1H3. The lowest BCUT2D eigenvalue weighted by molar-refractivity contribution is 0.103. The number of halogens is 2. The zero-order valence-electron chi connectivity index (χ0n) is 9.91. The molecule has 1 nitrogen and oxygen atoms in total. The van der Waals surface area contributed by atoms with Crippen LogP contribution in [0.3, 0.4) is 0 Å². The second kappa shape index (κ2) is 5.32. The van der Waals surface area contributed by atoms with Gasteiger partial charge in [0.15, 0.2) is 5.78 Å². The van der Waals surface area contributed by atoms with E-state index in [4.69, 9.17) is 11.6 Å². The van der Waals surface area contributed by atoms with Gasteiger partial charge in [0.05, 0.1) is 5.02 Å². The van der Waals surface area contributed by atoms with Crippen molar-refractivity contribution < 1.29 is 9.18 Å². The van der Waals surface area contributed by atoms with Crippen molar-refractivity contribution in [3.8, 4) is 0 Å². The summed E-state index contributed by atoms with van der Waals surface area (Å²) in [5.41, 5.74) is 1.72. The second-order valence-electron chi connectivity index (χ2n) is 3.94. The summed E-state index contributed by atoms with van der Waals surface area (Å²) in [6.07, 6.45) is 0.745. The van der Waals surface area contributed by atoms with Gasteiger partial charge in [-0.15, -0.1) is 0 Å². The lowest BCUT2D eigenvalue weighted by atomic mass is 9.97. The van der Waals surface area contributed by atoms with Gasteiger partial charge in [-0.2, -0.15) is 0 Å². The zero-order valence-corrected chi connectivity index (χ0v) is 10.7. The topological polar surface area (TPSA) is 17.1 Å². The summed E-state index contributed by atoms with van der Waals surface area (Å²) in [6.45, 7) is 1.97. The Hall–Kier alpha value is -1.67. The molecule has 92 valence electrons. The average Bonchev–Trinajstić information content (AvgIpc) is 2.41. The number of hydrogen-bond acceptors (Lipinski definition) is 1. The van der Waals surface area contributed by atoms with Crippen LogP contribution < -0.4 is 0 Å². The Morgan fingerprint density at radius 1 is 1.11 bits per heavy atom. The molecule has 0 aliphatic rings. The van der Waals surface area contributed by atoms with E-state index in [2.05, 4.69) is 0 Å². The Balaban J connectivity index is 2.52. The van der Waals surface area contributed by atoms with Crippen LogP contribution in [0.4, 0.5) is 4.39 Å². The van der Waals surface area contributed by atoms with Crippen molar-refractivity contribution in [2.75, 3.05) is 0 Å². The van der Waals surface area contributed by atoms with E-state index in [9.17, 15) is 9.18 Å². The summed E-state index contributed by atoms with van der Waals surface area (Å²) in [4.78, 5) is 12.3. The first-order chi connectivity index (χ1) is 8.65. The summed E-state index contributed by atoms with van der Waals surface area (Å²) in [5.74, 6) is -0.812. The zero-order chi connectivity index (χ0) is 13.1. The lowest BCUT2D eigenvalue weighted by Gasteiger charge is -2.08. The monoisotopic (exact) mass is 262 g/mol. The summed E-state index contributed by atoms with van der Waals surface area (Å²) in [6, 6.07) is 11.6. The molecular formula is C15H12ClFO. The fourth-order valence-corrected chi connectivity index (χ4v) is 2.09. The Morgan fingerprint density at radius 2 is 1.78 bits per heavy atom. The van der Waals surface area contributed by atoms with Crippen molar-refractivity contribution in [3.05, 3.63) is 70.0 Å². The highest BCUT2D eigenvalue weighted by atomic mass is 35.5. The third kappa shape index (κ3) is 2.29. The number of carbonyl (C=O) groups excluding carboxylic acids is 1. The van der Waals surface area contributed by atoms with Gasteiger partial charge < -0.3 is 0 Å². The molecule has 0 fully saturated rings. The molecule has 0 heterocycles. The molecule has 0 saturated heterocycles. The number of benzene rings is 2. The average molecular weight is 263 g/mol. The van der Waals surface area contributed by atoms with Gasteiger partial charge in [0.1, 0.15) is 5.82 Å². The van der Waals surface area contributed by atoms with Gasteiger partial charge in [0, 0.05) is 11.1 Å². The summed E-state index contributed by atoms with van der Waals surface area (Å²) in [7, 11) is 0. The molecule has 3 heteroatoms. The molecule has 0 bridgehead atoms. The molecule has 0 amide bonds. The lowest BCUT2D eigenvalue weighted by Crippen LogP contribution is -2.06. The van der Waals surface area contributed by atoms with Crippen LogP contribution in [0, 0.1) is 5.82 Å². The molecule has 0 radical (unpaired) electrons. The molecule has 0 N–H and O–H groups in total. The number of carbonyl (C=O) groups is 1. The SMILES string of the molecule is CCc1ccccc1C(=O)c1cccc(F)c1Cl. The highest BCUT2D eigenvalue weighted by Gasteiger charge is 2.17. The predicted octanol–water partition coefficient (Wildman–Crippen LogP) is 4.27. The molecule has 2 aromatic rings. The van der Waals surface area contributed by atoms with E-state index in [-0.39, 0.29) is 16.4 Å². The summed E-state index contributed by atoms with van der Waals surface area (Å²) < 4.78 is 13.4. The van der Waals surface area contributed by atoms with E-state index in [1.807, 2.05) is 19.1 Å². The highest BCUT2D eigenvalue weighted by molar-refractivity contribution is 6.35. The van der Waals surface area contributed by atoms with Crippen molar-refractivity contribution in [2.24, 2.45) is 0 Å². The van der Waals surface area contributed by atoms with Crippen molar-refractivity contribution in [1.82, 2.24) is 0 Å². The Bertz CT molecular complexity index is 593. The minimum absolute atomic E-state index is 0.117. The first-order valence-electron chi connectivity index (χ1n) is 5.71. The minimum Gasteiger partial charge on any atom is -0.289 e. The molecule has 0 aliphatic carbocycles. The van der Waals surface area contributed by atoms with Gasteiger partial charge in [-0.05, 0) is 24.1 Å². The molecule has 0 aliphatic heterocycles. The van der Waals surface area contributed by atoms with Crippen LogP contribution in [0.1, 0.15) is 28.4 Å². The smallest absolute Gasteiger partial charge is 0.194 e. The largest absolute Gasteiger partial charge is 0.289 e. The van der Waals surface area contributed by atoms with Crippen LogP contribution in [0.5, 0.6) is 0 Å². The van der Waals surface area contributed by atoms with Gasteiger partial charge in [0.25, 0.3) is 0 Å². The van der Waals surface area contributed by atoms with Crippen molar-refractivity contribution >= 4 is 17.4 Å². The molecule has 0 unspecified atom stereocenters.